The molecule has 1 heteroatoms. The Morgan fingerprint density at radius 2 is 1.44 bits per heavy atom. The van der Waals surface area contributed by atoms with Crippen molar-refractivity contribution in [3.05, 3.63) is 53.1 Å². The van der Waals surface area contributed by atoms with Crippen LogP contribution in [0.4, 0.5) is 0 Å². The minimum atomic E-state index is 1.22. The standard InChI is InChI=1S/C15H15Se/c1-10-8-11(2)15(12(3)9-10)13-6-4-5-7-14(13)16/h4-9H,1-3H3. The Kier molecular flexibility index (Phi) is 3.18. The summed E-state index contributed by atoms with van der Waals surface area (Å²) in [6.07, 6.45) is 0. The van der Waals surface area contributed by atoms with Crippen LogP contribution in [-0.2, 0) is 0 Å². The topological polar surface area (TPSA) is 0 Å². The van der Waals surface area contributed by atoms with E-state index in [0.717, 1.165) is 0 Å². The molecule has 16 heavy (non-hydrogen) atoms. The van der Waals surface area contributed by atoms with Crippen molar-refractivity contribution in [1.29, 1.82) is 0 Å². The van der Waals surface area contributed by atoms with Gasteiger partial charge < -0.3 is 0 Å². The van der Waals surface area contributed by atoms with Crippen LogP contribution in [0.25, 0.3) is 11.1 Å². The molecule has 0 N–H and O–H groups in total. The summed E-state index contributed by atoms with van der Waals surface area (Å²) in [5.41, 5.74) is 6.69. The van der Waals surface area contributed by atoms with Crippen molar-refractivity contribution >= 4 is 20.5 Å². The van der Waals surface area contributed by atoms with E-state index >= 15 is 0 Å². The summed E-state index contributed by atoms with van der Waals surface area (Å²) in [6.45, 7) is 6.51. The molecule has 0 spiro atoms. The first kappa shape index (κ1) is 11.4. The molecule has 0 amide bonds. The van der Waals surface area contributed by atoms with Crippen molar-refractivity contribution in [2.75, 3.05) is 0 Å². The molecular weight excluding hydrogens is 259 g/mol. The monoisotopic (exact) mass is 275 g/mol. The molecule has 0 heterocycles. The van der Waals surface area contributed by atoms with Gasteiger partial charge in [0.15, 0.2) is 0 Å². The SMILES string of the molecule is Cc1cc(C)c(-c2ccccc2[Se])c(C)c1. The summed E-state index contributed by atoms with van der Waals surface area (Å²) in [7, 11) is 0. The molecule has 0 saturated carbocycles. The zero-order chi connectivity index (χ0) is 11.7. The molecule has 81 valence electrons. The van der Waals surface area contributed by atoms with Gasteiger partial charge in [-0.15, -0.1) is 0 Å². The predicted molar refractivity (Wildman–Crippen MR) is 71.5 cm³/mol. The van der Waals surface area contributed by atoms with E-state index in [0.29, 0.717) is 0 Å². The average Bonchev–Trinajstić information content (AvgIpc) is 2.19. The second-order valence-electron chi connectivity index (χ2n) is 4.27. The minimum absolute atomic E-state index is 1.22. The molecule has 0 unspecified atom stereocenters. The van der Waals surface area contributed by atoms with Crippen molar-refractivity contribution in [3.8, 4) is 11.1 Å². The first-order valence-electron chi connectivity index (χ1n) is 5.44. The van der Waals surface area contributed by atoms with Gasteiger partial charge in [-0.25, -0.2) is 0 Å². The van der Waals surface area contributed by atoms with Gasteiger partial charge in [-0.2, -0.15) is 0 Å². The number of hydrogen-bond donors (Lipinski definition) is 0. The van der Waals surface area contributed by atoms with Crippen LogP contribution in [0.2, 0.25) is 0 Å². The van der Waals surface area contributed by atoms with Crippen LogP contribution < -0.4 is 4.46 Å². The van der Waals surface area contributed by atoms with Crippen LogP contribution in [-0.4, -0.2) is 16.0 Å². The van der Waals surface area contributed by atoms with Gasteiger partial charge in [0.25, 0.3) is 0 Å². The van der Waals surface area contributed by atoms with Crippen LogP contribution in [0.3, 0.4) is 0 Å². The van der Waals surface area contributed by atoms with Gasteiger partial charge in [-0.3, -0.25) is 0 Å². The molecule has 2 aromatic rings. The zero-order valence-electron chi connectivity index (χ0n) is 9.87. The van der Waals surface area contributed by atoms with E-state index in [1.165, 1.54) is 32.3 Å². The molecule has 0 nitrogen and oxygen atoms in total. The van der Waals surface area contributed by atoms with Gasteiger partial charge in [0.05, 0.1) is 0 Å². The van der Waals surface area contributed by atoms with Gasteiger partial charge in [0, 0.05) is 0 Å². The predicted octanol–water partition coefficient (Wildman–Crippen LogP) is 3.07. The Balaban J connectivity index is 2.70. The van der Waals surface area contributed by atoms with Gasteiger partial charge in [0.1, 0.15) is 0 Å². The molecule has 1 radical (unpaired) electrons. The van der Waals surface area contributed by atoms with Crippen molar-refractivity contribution in [1.82, 2.24) is 0 Å². The quantitative estimate of drug-likeness (QED) is 0.701. The molecule has 0 bridgehead atoms. The van der Waals surface area contributed by atoms with Gasteiger partial charge in [-0.05, 0) is 0 Å². The third-order valence-corrected chi connectivity index (χ3v) is 3.58. The maximum absolute atomic E-state index is 3.14. The fraction of sp³-hybridized carbons (Fsp3) is 0.200. The normalized spacial score (nSPS) is 10.4. The Hall–Kier alpha value is -1.04. The number of benzene rings is 2. The fourth-order valence-corrected chi connectivity index (χ4v) is 2.80. The van der Waals surface area contributed by atoms with Gasteiger partial charge in [-0.1, -0.05) is 0 Å². The first-order chi connectivity index (χ1) is 7.59. The summed E-state index contributed by atoms with van der Waals surface area (Å²) < 4.78 is 1.22. The fourth-order valence-electron chi connectivity index (χ4n) is 2.28. The van der Waals surface area contributed by atoms with E-state index in [1.54, 1.807) is 0 Å². The van der Waals surface area contributed by atoms with Crippen LogP contribution in [0.5, 0.6) is 0 Å². The Morgan fingerprint density at radius 3 is 2.00 bits per heavy atom. The summed E-state index contributed by atoms with van der Waals surface area (Å²) in [6, 6.07) is 12.9. The molecule has 0 aliphatic heterocycles. The summed E-state index contributed by atoms with van der Waals surface area (Å²) in [5, 5.41) is 0. The molecule has 0 aromatic heterocycles. The van der Waals surface area contributed by atoms with Crippen molar-refractivity contribution in [3.63, 3.8) is 0 Å². The second-order valence-corrected chi connectivity index (χ2v) is 5.19. The molecule has 0 atom stereocenters. The van der Waals surface area contributed by atoms with E-state index in [2.05, 4.69) is 73.2 Å². The first-order valence-corrected chi connectivity index (χ1v) is 6.29. The van der Waals surface area contributed by atoms with Crippen LogP contribution >= 0.6 is 0 Å². The molecule has 0 aliphatic rings. The Morgan fingerprint density at radius 1 is 0.875 bits per heavy atom. The average molecular weight is 274 g/mol. The summed E-state index contributed by atoms with van der Waals surface area (Å²) in [4.78, 5) is 0. The molecule has 0 saturated heterocycles. The van der Waals surface area contributed by atoms with Gasteiger partial charge >= 0.3 is 105 Å². The number of aryl methyl sites for hydroxylation is 3. The van der Waals surface area contributed by atoms with E-state index in [9.17, 15) is 0 Å². The Labute approximate surface area is 106 Å². The zero-order valence-corrected chi connectivity index (χ0v) is 11.6. The van der Waals surface area contributed by atoms with Crippen LogP contribution in [0.1, 0.15) is 16.7 Å². The summed E-state index contributed by atoms with van der Waals surface area (Å²) >= 11 is 3.14. The molecule has 0 aliphatic carbocycles. The van der Waals surface area contributed by atoms with E-state index < -0.39 is 0 Å². The molecule has 0 fully saturated rings. The van der Waals surface area contributed by atoms with Gasteiger partial charge in [0.2, 0.25) is 0 Å². The number of rotatable bonds is 1. The maximum atomic E-state index is 3.14. The van der Waals surface area contributed by atoms with Crippen molar-refractivity contribution < 1.29 is 0 Å². The third-order valence-electron chi connectivity index (χ3n) is 2.83. The molecular formula is C15H15Se. The van der Waals surface area contributed by atoms with Crippen molar-refractivity contribution in [2.24, 2.45) is 0 Å². The van der Waals surface area contributed by atoms with E-state index in [-0.39, 0.29) is 0 Å². The second kappa shape index (κ2) is 4.45. The molecule has 2 rings (SSSR count). The Bertz CT molecular complexity index is 504. The number of hydrogen-bond acceptors (Lipinski definition) is 0. The molecule has 2 aromatic carbocycles. The van der Waals surface area contributed by atoms with Crippen molar-refractivity contribution in [2.45, 2.75) is 20.8 Å². The third kappa shape index (κ3) is 2.07. The summed E-state index contributed by atoms with van der Waals surface area (Å²) in [5.74, 6) is 0. The van der Waals surface area contributed by atoms with E-state index in [1.807, 2.05) is 0 Å². The van der Waals surface area contributed by atoms with E-state index in [4.69, 9.17) is 0 Å². The van der Waals surface area contributed by atoms with Crippen LogP contribution in [0.15, 0.2) is 36.4 Å². The van der Waals surface area contributed by atoms with Crippen LogP contribution in [0, 0.1) is 20.8 Å².